The van der Waals surface area contributed by atoms with E-state index in [0.717, 1.165) is 25.0 Å². The van der Waals surface area contributed by atoms with Crippen LogP contribution < -0.4 is 5.32 Å². The minimum Gasteiger partial charge on any atom is -0.336 e. The molecule has 1 aromatic rings. The lowest BCUT2D eigenvalue weighted by molar-refractivity contribution is -0.136. The number of nitrogens with one attached hydrogen (secondary N) is 1. The number of imidazole rings is 1. The maximum atomic E-state index is 12.0. The lowest BCUT2D eigenvalue weighted by Gasteiger charge is -2.41. The number of carbonyl (C=O) groups is 1. The van der Waals surface area contributed by atoms with Crippen LogP contribution in [0.1, 0.15) is 51.3 Å². The van der Waals surface area contributed by atoms with Crippen molar-refractivity contribution in [3.05, 3.63) is 18.2 Å². The highest BCUT2D eigenvalue weighted by Crippen LogP contribution is 2.31. The second kappa shape index (κ2) is 6.39. The first kappa shape index (κ1) is 15.0. The summed E-state index contributed by atoms with van der Waals surface area (Å²) in [5, 5.41) is 3.74. The number of likely N-dealkylation sites (tertiary alicyclic amines) is 1. The van der Waals surface area contributed by atoms with Gasteiger partial charge in [-0.25, -0.2) is 4.98 Å². The van der Waals surface area contributed by atoms with Crippen LogP contribution in [0.15, 0.2) is 12.5 Å². The Bertz CT molecular complexity index is 452. The Morgan fingerprint density at radius 3 is 2.65 bits per heavy atom. The standard InChI is InChI=1S/C15H26N4O/c1-5-11(6-2)17-12-7-8-14(20)19(4)15(12)13-9-16-10-18(13)3/h9-12,15,17H,5-8H2,1-4H3/t12-,15-/m1/s1. The maximum Gasteiger partial charge on any atom is 0.222 e. The van der Waals surface area contributed by atoms with Gasteiger partial charge in [-0.1, -0.05) is 13.8 Å². The molecule has 2 heterocycles. The summed E-state index contributed by atoms with van der Waals surface area (Å²) in [4.78, 5) is 18.1. The van der Waals surface area contributed by atoms with E-state index in [1.54, 1.807) is 6.33 Å². The third kappa shape index (κ3) is 2.87. The third-order valence-electron chi connectivity index (χ3n) is 4.45. The van der Waals surface area contributed by atoms with Crippen LogP contribution in [-0.4, -0.2) is 39.5 Å². The second-order valence-electron chi connectivity index (χ2n) is 5.70. The molecule has 1 fully saturated rings. The molecular formula is C15H26N4O. The summed E-state index contributed by atoms with van der Waals surface area (Å²) in [7, 11) is 3.89. The molecule has 0 spiro atoms. The molecule has 0 aromatic carbocycles. The van der Waals surface area contributed by atoms with Crippen LogP contribution in [0.4, 0.5) is 0 Å². The van der Waals surface area contributed by atoms with E-state index >= 15 is 0 Å². The fourth-order valence-corrected chi connectivity index (χ4v) is 3.10. The van der Waals surface area contributed by atoms with Crippen LogP contribution in [0.2, 0.25) is 0 Å². The van der Waals surface area contributed by atoms with Gasteiger partial charge in [-0.2, -0.15) is 0 Å². The van der Waals surface area contributed by atoms with Crippen molar-refractivity contribution >= 4 is 5.91 Å². The van der Waals surface area contributed by atoms with Crippen molar-refractivity contribution in [2.45, 2.75) is 57.7 Å². The molecule has 1 aliphatic rings. The van der Waals surface area contributed by atoms with Crippen molar-refractivity contribution < 1.29 is 4.79 Å². The molecule has 2 atom stereocenters. The van der Waals surface area contributed by atoms with Gasteiger partial charge in [0, 0.05) is 32.6 Å². The van der Waals surface area contributed by atoms with Gasteiger partial charge in [-0.15, -0.1) is 0 Å². The summed E-state index contributed by atoms with van der Waals surface area (Å²) in [5.74, 6) is 0.221. The summed E-state index contributed by atoms with van der Waals surface area (Å²) in [5.41, 5.74) is 1.10. The van der Waals surface area contributed by atoms with Crippen LogP contribution in [0.3, 0.4) is 0 Å². The quantitative estimate of drug-likeness (QED) is 0.894. The van der Waals surface area contributed by atoms with E-state index in [0.29, 0.717) is 18.5 Å². The largest absolute Gasteiger partial charge is 0.336 e. The van der Waals surface area contributed by atoms with E-state index < -0.39 is 0 Å². The Morgan fingerprint density at radius 2 is 2.10 bits per heavy atom. The Kier molecular flexibility index (Phi) is 4.81. The zero-order valence-corrected chi connectivity index (χ0v) is 13.0. The van der Waals surface area contributed by atoms with Crippen LogP contribution in [0.25, 0.3) is 0 Å². The van der Waals surface area contributed by atoms with E-state index in [9.17, 15) is 4.79 Å². The van der Waals surface area contributed by atoms with Crippen molar-refractivity contribution in [2.24, 2.45) is 7.05 Å². The smallest absolute Gasteiger partial charge is 0.222 e. The Morgan fingerprint density at radius 1 is 1.40 bits per heavy atom. The molecule has 20 heavy (non-hydrogen) atoms. The highest BCUT2D eigenvalue weighted by atomic mass is 16.2. The minimum absolute atomic E-state index is 0.0735. The van der Waals surface area contributed by atoms with Gasteiger partial charge in [0.2, 0.25) is 5.91 Å². The zero-order chi connectivity index (χ0) is 14.7. The fourth-order valence-electron chi connectivity index (χ4n) is 3.10. The molecule has 0 aliphatic carbocycles. The number of hydrogen-bond donors (Lipinski definition) is 1. The first-order valence-corrected chi connectivity index (χ1v) is 7.56. The first-order valence-electron chi connectivity index (χ1n) is 7.56. The van der Waals surface area contributed by atoms with Crippen molar-refractivity contribution in [1.29, 1.82) is 0 Å². The Balaban J connectivity index is 2.24. The van der Waals surface area contributed by atoms with E-state index in [2.05, 4.69) is 24.1 Å². The second-order valence-corrected chi connectivity index (χ2v) is 5.70. The molecular weight excluding hydrogens is 252 g/mol. The van der Waals surface area contributed by atoms with Gasteiger partial charge in [0.25, 0.3) is 0 Å². The monoisotopic (exact) mass is 278 g/mol. The summed E-state index contributed by atoms with van der Waals surface area (Å²) in [6.07, 6.45) is 7.43. The number of hydrogen-bond acceptors (Lipinski definition) is 3. The van der Waals surface area contributed by atoms with Gasteiger partial charge in [-0.05, 0) is 19.3 Å². The van der Waals surface area contributed by atoms with E-state index in [4.69, 9.17) is 0 Å². The summed E-state index contributed by atoms with van der Waals surface area (Å²) < 4.78 is 2.02. The lowest BCUT2D eigenvalue weighted by atomic mass is 9.92. The molecule has 0 radical (unpaired) electrons. The number of rotatable bonds is 5. The summed E-state index contributed by atoms with van der Waals surface area (Å²) in [6, 6.07) is 0.889. The number of aryl methyl sites for hydroxylation is 1. The molecule has 1 amide bonds. The van der Waals surface area contributed by atoms with Gasteiger partial charge in [0.1, 0.15) is 0 Å². The van der Waals surface area contributed by atoms with E-state index in [1.807, 2.05) is 29.8 Å². The molecule has 0 saturated carbocycles. The molecule has 1 saturated heterocycles. The van der Waals surface area contributed by atoms with Crippen LogP contribution in [-0.2, 0) is 11.8 Å². The minimum atomic E-state index is 0.0735. The number of likely N-dealkylation sites (N-methyl/N-ethyl adjacent to an activating group) is 1. The predicted molar refractivity (Wildman–Crippen MR) is 79.2 cm³/mol. The molecule has 2 rings (SSSR count). The highest BCUT2D eigenvalue weighted by molar-refractivity contribution is 5.77. The van der Waals surface area contributed by atoms with Gasteiger partial charge in [0.15, 0.2) is 0 Å². The number of piperidine rings is 1. The molecule has 0 unspecified atom stereocenters. The third-order valence-corrected chi connectivity index (χ3v) is 4.45. The average Bonchev–Trinajstić information content (AvgIpc) is 2.86. The molecule has 112 valence electrons. The SMILES string of the molecule is CCC(CC)N[C@@H]1CCC(=O)N(C)[C@H]1c1cncn1C. The molecule has 1 N–H and O–H groups in total. The normalized spacial score (nSPS) is 23.6. The number of nitrogens with zero attached hydrogens (tertiary/aromatic N) is 3. The average molecular weight is 278 g/mol. The maximum absolute atomic E-state index is 12.0. The molecule has 0 bridgehead atoms. The molecule has 1 aromatic heterocycles. The van der Waals surface area contributed by atoms with Crippen molar-refractivity contribution in [3.8, 4) is 0 Å². The van der Waals surface area contributed by atoms with Gasteiger partial charge in [-0.3, -0.25) is 4.79 Å². The highest BCUT2D eigenvalue weighted by Gasteiger charge is 2.36. The van der Waals surface area contributed by atoms with Crippen LogP contribution in [0.5, 0.6) is 0 Å². The Labute approximate surface area is 121 Å². The van der Waals surface area contributed by atoms with Gasteiger partial charge >= 0.3 is 0 Å². The zero-order valence-electron chi connectivity index (χ0n) is 13.0. The van der Waals surface area contributed by atoms with Gasteiger partial charge in [0.05, 0.1) is 24.3 Å². The molecule has 1 aliphatic heterocycles. The van der Waals surface area contributed by atoms with Crippen molar-refractivity contribution in [3.63, 3.8) is 0 Å². The van der Waals surface area contributed by atoms with Crippen molar-refractivity contribution in [1.82, 2.24) is 19.8 Å². The predicted octanol–water partition coefficient (Wildman–Crippen LogP) is 1.86. The van der Waals surface area contributed by atoms with Gasteiger partial charge < -0.3 is 14.8 Å². The lowest BCUT2D eigenvalue weighted by Crippen LogP contribution is -2.52. The summed E-state index contributed by atoms with van der Waals surface area (Å²) in [6.45, 7) is 4.41. The Hall–Kier alpha value is -1.36. The van der Waals surface area contributed by atoms with Crippen LogP contribution in [0, 0.1) is 0 Å². The number of carbonyl (C=O) groups excluding carboxylic acids is 1. The fraction of sp³-hybridized carbons (Fsp3) is 0.733. The summed E-state index contributed by atoms with van der Waals surface area (Å²) >= 11 is 0. The van der Waals surface area contributed by atoms with E-state index in [-0.39, 0.29) is 11.9 Å². The number of aromatic nitrogens is 2. The number of amides is 1. The molecule has 5 heteroatoms. The van der Waals surface area contributed by atoms with E-state index in [1.165, 1.54) is 0 Å². The van der Waals surface area contributed by atoms with Crippen molar-refractivity contribution in [2.75, 3.05) is 7.05 Å². The van der Waals surface area contributed by atoms with Crippen LogP contribution >= 0.6 is 0 Å². The molecule has 5 nitrogen and oxygen atoms in total. The topological polar surface area (TPSA) is 50.2 Å². The first-order chi connectivity index (χ1) is 9.58.